The second-order valence-electron chi connectivity index (χ2n) is 6.49. The van der Waals surface area contributed by atoms with Crippen molar-refractivity contribution in [3.05, 3.63) is 52.1 Å². The Bertz CT molecular complexity index is 1130. The Morgan fingerprint density at radius 2 is 2.16 bits per heavy atom. The smallest absolute Gasteiger partial charge is 0.427 e. The van der Waals surface area contributed by atoms with E-state index in [-0.39, 0.29) is 5.69 Å². The molecule has 0 bridgehead atoms. The summed E-state index contributed by atoms with van der Waals surface area (Å²) in [5.41, 5.74) is 3.45. The van der Waals surface area contributed by atoms with Gasteiger partial charge in [-0.15, -0.1) is 11.3 Å². The molecule has 1 amide bonds. The van der Waals surface area contributed by atoms with Gasteiger partial charge < -0.3 is 9.47 Å². The van der Waals surface area contributed by atoms with Crippen molar-refractivity contribution in [3.8, 4) is 5.75 Å². The molecule has 32 heavy (non-hydrogen) atoms. The molecule has 168 valence electrons. The molecule has 0 aliphatic carbocycles. The average molecular weight is 475 g/mol. The second kappa shape index (κ2) is 11.4. The van der Waals surface area contributed by atoms with E-state index in [4.69, 9.17) is 9.47 Å². The molecular weight excluding hydrogens is 452 g/mol. The Morgan fingerprint density at radius 3 is 2.91 bits per heavy atom. The summed E-state index contributed by atoms with van der Waals surface area (Å²) >= 11 is 2.67. The predicted molar refractivity (Wildman–Crippen MR) is 125 cm³/mol. The van der Waals surface area contributed by atoms with Crippen LogP contribution in [0.2, 0.25) is 0 Å². The third-order valence-corrected chi connectivity index (χ3v) is 6.27. The molecule has 0 radical (unpaired) electrons. The lowest BCUT2D eigenvalue weighted by atomic mass is 10.2. The number of benzene rings is 2. The van der Waals surface area contributed by atoms with Gasteiger partial charge in [0.25, 0.3) is 5.69 Å². The SMILES string of the molecule is CCCCOC(=O)N/N=C\c1ccc(Sc2nc3ccc(OCC)cc3s2)c([N+](=O)[O-])c1. The third kappa shape index (κ3) is 6.41. The van der Waals surface area contributed by atoms with E-state index < -0.39 is 11.0 Å². The van der Waals surface area contributed by atoms with Crippen LogP contribution >= 0.6 is 23.1 Å². The molecule has 0 aliphatic rings. The van der Waals surface area contributed by atoms with E-state index in [0.29, 0.717) is 28.0 Å². The maximum Gasteiger partial charge on any atom is 0.427 e. The first-order chi connectivity index (χ1) is 15.5. The van der Waals surface area contributed by atoms with E-state index in [1.807, 2.05) is 32.0 Å². The number of ether oxygens (including phenoxy) is 2. The molecule has 9 nitrogen and oxygen atoms in total. The summed E-state index contributed by atoms with van der Waals surface area (Å²) < 4.78 is 12.1. The number of amides is 1. The number of carbonyl (C=O) groups is 1. The quantitative estimate of drug-likeness (QED) is 0.176. The number of nitrogens with one attached hydrogen (secondary N) is 1. The highest BCUT2D eigenvalue weighted by molar-refractivity contribution is 8.01. The summed E-state index contributed by atoms with van der Waals surface area (Å²) in [7, 11) is 0. The topological polar surface area (TPSA) is 116 Å². The van der Waals surface area contributed by atoms with Crippen LogP contribution in [-0.2, 0) is 4.74 Å². The van der Waals surface area contributed by atoms with Crippen LogP contribution in [0.5, 0.6) is 5.75 Å². The maximum atomic E-state index is 11.6. The second-order valence-corrected chi connectivity index (χ2v) is 8.81. The zero-order valence-electron chi connectivity index (χ0n) is 17.6. The van der Waals surface area contributed by atoms with Gasteiger partial charge in [0, 0.05) is 11.6 Å². The molecule has 1 aromatic heterocycles. The zero-order chi connectivity index (χ0) is 22.9. The highest BCUT2D eigenvalue weighted by Crippen LogP contribution is 2.39. The first kappa shape index (κ1) is 23.5. The molecular formula is C21H22N4O5S2. The van der Waals surface area contributed by atoms with Crippen LogP contribution in [-0.4, -0.2) is 35.4 Å². The summed E-state index contributed by atoms with van der Waals surface area (Å²) in [6.45, 7) is 4.79. The van der Waals surface area contributed by atoms with Crippen molar-refractivity contribution in [2.45, 2.75) is 35.9 Å². The molecule has 0 saturated carbocycles. The molecule has 2 aromatic carbocycles. The van der Waals surface area contributed by atoms with Crippen LogP contribution in [0.1, 0.15) is 32.3 Å². The largest absolute Gasteiger partial charge is 0.494 e. The summed E-state index contributed by atoms with van der Waals surface area (Å²) in [5.74, 6) is 0.762. The molecule has 0 unspecified atom stereocenters. The summed E-state index contributed by atoms with van der Waals surface area (Å²) in [6.07, 6.45) is 2.34. The van der Waals surface area contributed by atoms with Crippen LogP contribution in [0.4, 0.5) is 10.5 Å². The molecule has 1 N–H and O–H groups in total. The van der Waals surface area contributed by atoms with Crippen LogP contribution in [0.15, 0.2) is 50.7 Å². The van der Waals surface area contributed by atoms with Crippen molar-refractivity contribution in [1.29, 1.82) is 0 Å². The Labute approximate surface area is 193 Å². The number of nitro benzene ring substituents is 1. The van der Waals surface area contributed by atoms with Crippen LogP contribution in [0.25, 0.3) is 10.2 Å². The first-order valence-electron chi connectivity index (χ1n) is 9.95. The fraction of sp³-hybridized carbons (Fsp3) is 0.286. The van der Waals surface area contributed by atoms with Crippen LogP contribution in [0, 0.1) is 10.1 Å². The number of fused-ring (bicyclic) bond motifs is 1. The van der Waals surface area contributed by atoms with Crippen molar-refractivity contribution >= 4 is 51.3 Å². The Hall–Kier alpha value is -3.18. The number of nitrogens with zero attached hydrogens (tertiary/aromatic N) is 3. The third-order valence-electron chi connectivity index (χ3n) is 4.13. The standard InChI is InChI=1S/C21H22N4O5S2/c1-3-5-10-30-20(26)24-22-13-14-6-9-18(17(11-14)25(27)28)31-21-23-16-8-7-15(29-4-2)12-19(16)32-21/h6-9,11-13H,3-5,10H2,1-2H3,(H,24,26)/b22-13-. The monoisotopic (exact) mass is 474 g/mol. The summed E-state index contributed by atoms with van der Waals surface area (Å²) in [4.78, 5) is 27.7. The van der Waals surface area contributed by atoms with E-state index in [9.17, 15) is 14.9 Å². The fourth-order valence-electron chi connectivity index (χ4n) is 2.62. The average Bonchev–Trinajstić information content (AvgIpc) is 3.16. The van der Waals surface area contributed by atoms with Gasteiger partial charge in [-0.1, -0.05) is 31.2 Å². The van der Waals surface area contributed by atoms with Crippen molar-refractivity contribution < 1.29 is 19.2 Å². The predicted octanol–water partition coefficient (Wildman–Crippen LogP) is 5.61. The van der Waals surface area contributed by atoms with Crippen LogP contribution < -0.4 is 10.2 Å². The van der Waals surface area contributed by atoms with E-state index >= 15 is 0 Å². The number of thiazole rings is 1. The Morgan fingerprint density at radius 1 is 1.31 bits per heavy atom. The Balaban J connectivity index is 1.72. The molecule has 0 aliphatic heterocycles. The van der Waals surface area contributed by atoms with Gasteiger partial charge >= 0.3 is 6.09 Å². The van der Waals surface area contributed by atoms with Gasteiger partial charge in [-0.05, 0) is 37.6 Å². The van der Waals surface area contributed by atoms with Crippen LogP contribution in [0.3, 0.4) is 0 Å². The van der Waals surface area contributed by atoms with Gasteiger partial charge in [0.05, 0.1) is 39.5 Å². The van der Waals surface area contributed by atoms with Crippen molar-refractivity contribution in [2.24, 2.45) is 5.10 Å². The fourth-order valence-corrected chi connectivity index (χ4v) is 4.76. The number of hydrazone groups is 1. The lowest BCUT2D eigenvalue weighted by Crippen LogP contribution is -2.19. The number of unbranched alkanes of at least 4 members (excludes halogenated alkanes) is 1. The molecule has 0 saturated heterocycles. The van der Waals surface area contributed by atoms with E-state index in [1.54, 1.807) is 12.1 Å². The van der Waals surface area contributed by atoms with Crippen molar-refractivity contribution in [3.63, 3.8) is 0 Å². The molecule has 0 fully saturated rings. The van der Waals surface area contributed by atoms with Crippen molar-refractivity contribution in [1.82, 2.24) is 10.4 Å². The number of rotatable bonds is 10. The Kier molecular flexibility index (Phi) is 8.40. The van der Waals surface area contributed by atoms with Gasteiger partial charge in [0.1, 0.15) is 5.75 Å². The molecule has 11 heteroatoms. The minimum absolute atomic E-state index is 0.0706. The lowest BCUT2D eigenvalue weighted by Gasteiger charge is -2.03. The van der Waals surface area contributed by atoms with E-state index in [1.165, 1.54) is 35.4 Å². The zero-order valence-corrected chi connectivity index (χ0v) is 19.2. The van der Waals surface area contributed by atoms with Gasteiger partial charge in [-0.2, -0.15) is 5.10 Å². The molecule has 3 rings (SSSR count). The maximum absolute atomic E-state index is 11.6. The summed E-state index contributed by atoms with van der Waals surface area (Å²) in [5, 5.41) is 15.4. The number of nitro groups is 1. The molecule has 3 aromatic rings. The highest BCUT2D eigenvalue weighted by atomic mass is 32.2. The number of aromatic nitrogens is 1. The minimum atomic E-state index is -0.667. The minimum Gasteiger partial charge on any atom is -0.494 e. The van der Waals surface area contributed by atoms with Gasteiger partial charge in [0.2, 0.25) is 0 Å². The van der Waals surface area contributed by atoms with Crippen molar-refractivity contribution in [2.75, 3.05) is 13.2 Å². The normalized spacial score (nSPS) is 11.1. The van der Waals surface area contributed by atoms with Gasteiger partial charge in [0.15, 0.2) is 4.34 Å². The molecule has 1 heterocycles. The highest BCUT2D eigenvalue weighted by Gasteiger charge is 2.17. The van der Waals surface area contributed by atoms with Gasteiger partial charge in [-0.3, -0.25) is 10.1 Å². The summed E-state index contributed by atoms with van der Waals surface area (Å²) in [6, 6.07) is 10.4. The van der Waals surface area contributed by atoms with E-state index in [2.05, 4.69) is 15.5 Å². The molecule has 0 spiro atoms. The lowest BCUT2D eigenvalue weighted by molar-refractivity contribution is -0.387. The number of hydrogen-bond acceptors (Lipinski definition) is 9. The first-order valence-corrected chi connectivity index (χ1v) is 11.6. The number of hydrogen-bond donors (Lipinski definition) is 1. The van der Waals surface area contributed by atoms with Gasteiger partial charge in [-0.25, -0.2) is 15.2 Å². The molecule has 0 atom stereocenters. The number of carbonyl (C=O) groups excluding carboxylic acids is 1. The van der Waals surface area contributed by atoms with E-state index in [0.717, 1.165) is 28.8 Å².